The molecule has 59 valence electrons. The molecule has 0 spiro atoms. The summed E-state index contributed by atoms with van der Waals surface area (Å²) < 4.78 is 1.38. The Morgan fingerprint density at radius 2 is 1.80 bits per heavy atom. The van der Waals surface area contributed by atoms with Gasteiger partial charge in [0.1, 0.15) is 0 Å². The first-order chi connectivity index (χ1) is 4.83. The van der Waals surface area contributed by atoms with Crippen molar-refractivity contribution in [1.82, 2.24) is 0 Å². The standard InChI is InChI=1S/C6H13.C2H5.BrH.Mg/c1-3-5-6-4-2;1-2;;/h1,3-6H2,2H3;1H2,2H3;1H;/q;;;+1/p-1. The highest BCUT2D eigenvalue weighted by molar-refractivity contribution is 9.23. The van der Waals surface area contributed by atoms with Crippen molar-refractivity contribution in [2.75, 3.05) is 0 Å². The quantitative estimate of drug-likeness (QED) is 0.497. The average molecular weight is 218 g/mol. The highest BCUT2D eigenvalue weighted by Gasteiger charge is 1.75. The molecule has 0 fully saturated rings. The number of hydrogen-bond donors (Lipinski definition) is 0. The molecule has 0 heterocycles. The first-order valence-corrected chi connectivity index (χ1v) is 9.08. The summed E-state index contributed by atoms with van der Waals surface area (Å²) in [6.45, 7) is 8.12. The van der Waals surface area contributed by atoms with Gasteiger partial charge in [0.2, 0.25) is 0 Å². The summed E-state index contributed by atoms with van der Waals surface area (Å²) >= 11 is 3.62. The second-order valence-electron chi connectivity index (χ2n) is 2.25. The summed E-state index contributed by atoms with van der Waals surface area (Å²) in [7, 11) is 0. The second kappa shape index (κ2) is 16.7. The Morgan fingerprint density at radius 1 is 1.30 bits per heavy atom. The SMILES string of the molecule is C[CH2][Mg][Br].[CH2]CCCCC. The molecule has 0 N–H and O–H groups in total. The maximum absolute atomic E-state index is 3.72. The molecule has 0 rings (SSSR count). The zero-order valence-electron chi connectivity index (χ0n) is 7.33. The van der Waals surface area contributed by atoms with E-state index in [1.165, 1.54) is 23.8 Å². The summed E-state index contributed by atoms with van der Waals surface area (Å²) in [5.74, 6) is 0. The molecule has 0 unspecified atom stereocenters. The van der Waals surface area contributed by atoms with Crippen molar-refractivity contribution in [2.45, 2.75) is 44.1 Å². The molecular formula is C8H18BrMg. The Balaban J connectivity index is 0. The molecule has 0 amide bonds. The average Bonchev–Trinajstić information content (AvgIpc) is 2.01. The number of halogens is 1. The molecular weight excluding hydrogens is 200 g/mol. The highest BCUT2D eigenvalue weighted by atomic mass is 79.9. The van der Waals surface area contributed by atoms with Gasteiger partial charge in [-0.25, -0.2) is 0 Å². The zero-order valence-corrected chi connectivity index (χ0v) is 10.3. The normalized spacial score (nSPS) is 7.60. The molecule has 0 aliphatic rings. The molecule has 0 saturated heterocycles. The van der Waals surface area contributed by atoms with Gasteiger partial charge >= 0.3 is 18.2 Å². The number of rotatable bonds is 4. The molecule has 0 aliphatic carbocycles. The van der Waals surface area contributed by atoms with Crippen molar-refractivity contribution >= 4 is 31.1 Å². The van der Waals surface area contributed by atoms with Gasteiger partial charge in [0.15, 0.2) is 0 Å². The number of unbranched alkanes of at least 4 members (excludes halogenated alkanes) is 3. The largest absolute Gasteiger partial charge is 0.468 e. The van der Waals surface area contributed by atoms with Gasteiger partial charge in [-0.15, -0.1) is 4.55 Å². The van der Waals surface area contributed by atoms with E-state index < -0.39 is 0 Å². The van der Waals surface area contributed by atoms with Crippen molar-refractivity contribution in [2.24, 2.45) is 0 Å². The van der Waals surface area contributed by atoms with Crippen LogP contribution in [0.5, 0.6) is 0 Å². The van der Waals surface area contributed by atoms with Crippen molar-refractivity contribution in [3.05, 3.63) is 6.92 Å². The molecule has 10 heavy (non-hydrogen) atoms. The first kappa shape index (κ1) is 13.8. The second-order valence-corrected chi connectivity index (χ2v) is 6.01. The summed E-state index contributed by atoms with van der Waals surface area (Å²) in [5.41, 5.74) is 0. The van der Waals surface area contributed by atoms with Crippen LogP contribution in [0.3, 0.4) is 0 Å². The van der Waals surface area contributed by atoms with E-state index in [9.17, 15) is 0 Å². The van der Waals surface area contributed by atoms with Crippen LogP contribution in [0.4, 0.5) is 0 Å². The molecule has 0 aromatic rings. The lowest BCUT2D eigenvalue weighted by atomic mass is 10.2. The van der Waals surface area contributed by atoms with E-state index in [-0.39, 0.29) is 18.2 Å². The Labute approximate surface area is 81.8 Å². The van der Waals surface area contributed by atoms with Crippen LogP contribution in [0.2, 0.25) is 4.55 Å². The fourth-order valence-electron chi connectivity index (χ4n) is 0.427. The highest BCUT2D eigenvalue weighted by Crippen LogP contribution is 1.95. The van der Waals surface area contributed by atoms with Gasteiger partial charge in [-0.2, -0.15) is 0 Å². The Bertz CT molecular complexity index is 34.2. The van der Waals surface area contributed by atoms with Gasteiger partial charge in [-0.1, -0.05) is 46.5 Å². The topological polar surface area (TPSA) is 0 Å². The van der Waals surface area contributed by atoms with E-state index in [0.717, 1.165) is 6.42 Å². The molecule has 0 aromatic heterocycles. The summed E-state index contributed by atoms with van der Waals surface area (Å²) in [4.78, 5) is 0. The minimum atomic E-state index is 0.237. The van der Waals surface area contributed by atoms with Gasteiger partial charge in [0.05, 0.1) is 0 Å². The molecule has 0 aromatic carbocycles. The van der Waals surface area contributed by atoms with E-state index in [4.69, 9.17) is 0 Å². The predicted molar refractivity (Wildman–Crippen MR) is 54.7 cm³/mol. The Kier molecular flexibility index (Phi) is 23.0. The monoisotopic (exact) mass is 217 g/mol. The lowest BCUT2D eigenvalue weighted by Gasteiger charge is -1.86. The third kappa shape index (κ3) is 22.8. The Hall–Kier alpha value is 1.25. The summed E-state index contributed by atoms with van der Waals surface area (Å²) in [5, 5.41) is 0. The summed E-state index contributed by atoms with van der Waals surface area (Å²) in [6, 6.07) is 0. The molecule has 0 aliphatic heterocycles. The van der Waals surface area contributed by atoms with E-state index in [1.807, 2.05) is 0 Å². The van der Waals surface area contributed by atoms with Crippen LogP contribution in [0, 0.1) is 6.92 Å². The first-order valence-electron chi connectivity index (χ1n) is 4.18. The van der Waals surface area contributed by atoms with Crippen LogP contribution in [0.1, 0.15) is 39.5 Å². The van der Waals surface area contributed by atoms with Crippen LogP contribution in [-0.4, -0.2) is 18.2 Å². The van der Waals surface area contributed by atoms with Crippen LogP contribution >= 0.6 is 12.9 Å². The molecule has 0 nitrogen and oxygen atoms in total. The molecule has 0 atom stereocenters. The molecule has 1 radical (unpaired) electrons. The van der Waals surface area contributed by atoms with Gasteiger partial charge in [-0.3, -0.25) is 0 Å². The zero-order chi connectivity index (χ0) is 8.24. The van der Waals surface area contributed by atoms with E-state index >= 15 is 0 Å². The maximum Gasteiger partial charge on any atom is 0.468 e. The van der Waals surface area contributed by atoms with Crippen LogP contribution < -0.4 is 0 Å². The van der Waals surface area contributed by atoms with E-state index in [0.29, 0.717) is 0 Å². The van der Waals surface area contributed by atoms with E-state index in [1.54, 1.807) is 0 Å². The molecule has 0 saturated carbocycles. The molecule has 2 heteroatoms. The minimum Gasteiger partial charge on any atom is -0.307 e. The van der Waals surface area contributed by atoms with Crippen molar-refractivity contribution in [3.63, 3.8) is 0 Å². The van der Waals surface area contributed by atoms with Crippen LogP contribution in [0.25, 0.3) is 0 Å². The van der Waals surface area contributed by atoms with Crippen LogP contribution in [0.15, 0.2) is 0 Å². The van der Waals surface area contributed by atoms with Gasteiger partial charge in [-0.05, 0) is 0 Å². The lowest BCUT2D eigenvalue weighted by molar-refractivity contribution is 0.728. The minimum absolute atomic E-state index is 0.237. The van der Waals surface area contributed by atoms with Gasteiger partial charge in [0.25, 0.3) is 0 Å². The third-order valence-corrected chi connectivity index (χ3v) is 3.80. The molecule has 0 bridgehead atoms. The maximum atomic E-state index is 3.72. The smallest absolute Gasteiger partial charge is 0.307 e. The van der Waals surface area contributed by atoms with Crippen molar-refractivity contribution in [1.29, 1.82) is 0 Å². The van der Waals surface area contributed by atoms with Crippen LogP contribution in [-0.2, 0) is 0 Å². The van der Waals surface area contributed by atoms with E-state index in [2.05, 4.69) is 33.7 Å². The lowest BCUT2D eigenvalue weighted by Crippen LogP contribution is -1.66. The fourth-order valence-corrected chi connectivity index (χ4v) is 0.427. The fraction of sp³-hybridized carbons (Fsp3) is 0.875. The van der Waals surface area contributed by atoms with Gasteiger partial charge in [0, 0.05) is 0 Å². The predicted octanol–water partition coefficient (Wildman–Crippen LogP) is 3.84. The van der Waals surface area contributed by atoms with Crippen molar-refractivity contribution in [3.8, 4) is 0 Å². The Morgan fingerprint density at radius 3 is 1.90 bits per heavy atom. The third-order valence-electron chi connectivity index (χ3n) is 1.04. The van der Waals surface area contributed by atoms with Crippen molar-refractivity contribution < 1.29 is 0 Å². The van der Waals surface area contributed by atoms with Gasteiger partial charge < -0.3 is 12.9 Å². The number of hydrogen-bond acceptors (Lipinski definition) is 0. The summed E-state index contributed by atoms with van der Waals surface area (Å²) in [6.07, 6.45) is 5.07.